The number of carbonyl (C=O) groups is 1. The van der Waals surface area contributed by atoms with Gasteiger partial charge in [-0.2, -0.15) is 0 Å². The van der Waals surface area contributed by atoms with Crippen LogP contribution in [0, 0.1) is 0 Å². The third-order valence-corrected chi connectivity index (χ3v) is 4.01. The fourth-order valence-electron chi connectivity index (χ4n) is 2.58. The number of carbonyl (C=O) groups excluding carboxylic acids is 3. The first-order chi connectivity index (χ1) is 14.0. The third-order valence-electron chi connectivity index (χ3n) is 4.01. The molecule has 1 aromatic heterocycles. The molecule has 0 radical (unpaired) electrons. The van der Waals surface area contributed by atoms with E-state index in [0.717, 1.165) is 31.7 Å². The van der Waals surface area contributed by atoms with Crippen LogP contribution in [0.25, 0.3) is 10.9 Å². The second kappa shape index (κ2) is 20.4. The first-order valence-corrected chi connectivity index (χ1v) is 8.80. The van der Waals surface area contributed by atoms with Crippen molar-refractivity contribution >= 4 is 30.3 Å². The van der Waals surface area contributed by atoms with Gasteiger partial charge in [0.05, 0.1) is 20.3 Å². The summed E-state index contributed by atoms with van der Waals surface area (Å²) in [5.74, 6) is 0.926. The Morgan fingerprint density at radius 2 is 1.74 bits per heavy atom. The van der Waals surface area contributed by atoms with Gasteiger partial charge in [0.15, 0.2) is 6.10 Å². The standard InChI is InChI=1S/C14H20N2O.C6H6O6.2Cs/c1-15(2)8-7-11-10-16(3)14-6-5-12(17-4)9-13(11)14;7-3-10-1-6(12-5-9)2-11-4-8;;/h5-6,9-10H,7-8H2,1-4H3;5-6H,1-2H2;;/q;-2;2*+1. The van der Waals surface area contributed by atoms with E-state index >= 15 is 0 Å². The van der Waals surface area contributed by atoms with Gasteiger partial charge in [0.25, 0.3) is 6.47 Å². The summed E-state index contributed by atoms with van der Waals surface area (Å²) in [5.41, 5.74) is 2.65. The van der Waals surface area contributed by atoms with Crippen molar-refractivity contribution in [2.45, 2.75) is 12.5 Å². The van der Waals surface area contributed by atoms with Crippen LogP contribution in [0.15, 0.2) is 24.4 Å². The number of aromatic nitrogens is 1. The van der Waals surface area contributed by atoms with Crippen LogP contribution in [0.4, 0.5) is 0 Å². The number of benzene rings is 1. The molecule has 0 aliphatic heterocycles. The molecule has 2 aromatic rings. The minimum absolute atomic E-state index is 0. The van der Waals surface area contributed by atoms with Gasteiger partial charge in [-0.1, -0.05) is 12.9 Å². The summed E-state index contributed by atoms with van der Waals surface area (Å²) in [5, 5.41) is 1.30. The maximum atomic E-state index is 9.81. The van der Waals surface area contributed by atoms with Crippen LogP contribution in [0.2, 0.25) is 0 Å². The fraction of sp³-hybridized carbons (Fsp3) is 0.450. The normalized spacial score (nSPS) is 9.61. The van der Waals surface area contributed by atoms with Gasteiger partial charge in [0, 0.05) is 30.7 Å². The van der Waals surface area contributed by atoms with E-state index < -0.39 is 6.10 Å². The number of methoxy groups -OCH3 is 1. The van der Waals surface area contributed by atoms with Crippen molar-refractivity contribution in [3.8, 4) is 5.75 Å². The van der Waals surface area contributed by atoms with E-state index in [1.807, 2.05) is 6.07 Å². The number of aryl methyl sites for hydroxylation is 1. The number of rotatable bonds is 12. The predicted octanol–water partition coefficient (Wildman–Crippen LogP) is -5.01. The predicted molar refractivity (Wildman–Crippen MR) is 106 cm³/mol. The summed E-state index contributed by atoms with van der Waals surface area (Å²) in [7, 11) is 8.01. The Labute approximate surface area is 300 Å². The van der Waals surface area contributed by atoms with Crippen LogP contribution in [-0.4, -0.2) is 76.0 Å². The Morgan fingerprint density at radius 3 is 2.23 bits per heavy atom. The number of hydrogen-bond donors (Lipinski definition) is 0. The number of ether oxygens (including phenoxy) is 4. The van der Waals surface area contributed by atoms with E-state index in [1.54, 1.807) is 7.11 Å². The summed E-state index contributed by atoms with van der Waals surface area (Å²) in [6, 6.07) is 6.26. The number of likely N-dealkylation sites (N-methyl/N-ethyl adjacent to an activating group) is 1. The first kappa shape index (κ1) is 34.2. The zero-order valence-electron chi connectivity index (χ0n) is 19.0. The molecule has 9 nitrogen and oxygen atoms in total. The van der Waals surface area contributed by atoms with Gasteiger partial charge in [-0.25, -0.2) is 0 Å². The molecule has 0 saturated heterocycles. The first-order valence-electron chi connectivity index (χ1n) is 8.80. The van der Waals surface area contributed by atoms with Crippen LogP contribution >= 0.6 is 0 Å². The van der Waals surface area contributed by atoms with E-state index in [0.29, 0.717) is 0 Å². The molecule has 160 valence electrons. The van der Waals surface area contributed by atoms with Crippen molar-refractivity contribution in [3.05, 3.63) is 30.0 Å². The van der Waals surface area contributed by atoms with E-state index in [1.165, 1.54) is 16.5 Å². The molecule has 0 atom stereocenters. The second-order valence-corrected chi connectivity index (χ2v) is 6.34. The molecular weight excluding hydrogens is 646 g/mol. The largest absolute Gasteiger partial charge is 1.00 e. The van der Waals surface area contributed by atoms with E-state index in [9.17, 15) is 14.4 Å². The molecule has 0 bridgehead atoms. The molecule has 0 fully saturated rings. The molecule has 31 heavy (non-hydrogen) atoms. The Balaban J connectivity index is 0. The summed E-state index contributed by atoms with van der Waals surface area (Å²) in [4.78, 5) is 31.2. The zero-order valence-corrected chi connectivity index (χ0v) is 31.6. The average molecular weight is 672 g/mol. The van der Waals surface area contributed by atoms with Crippen molar-refractivity contribution in [2.75, 3.05) is 41.0 Å². The molecule has 0 aliphatic rings. The molecule has 1 aromatic carbocycles. The van der Waals surface area contributed by atoms with Gasteiger partial charge >= 0.3 is 138 Å². The molecule has 0 amide bonds. The molecule has 1 heterocycles. The minimum atomic E-state index is -0.801. The van der Waals surface area contributed by atoms with Gasteiger partial charge in [-0.15, -0.1) is 0 Å². The molecule has 0 saturated carbocycles. The van der Waals surface area contributed by atoms with E-state index in [-0.39, 0.29) is 157 Å². The van der Waals surface area contributed by atoms with E-state index in [4.69, 9.17) is 4.74 Å². The molecule has 0 unspecified atom stereocenters. The van der Waals surface area contributed by atoms with Gasteiger partial charge in [-0.05, 0) is 44.3 Å². The number of fused-ring (bicyclic) bond motifs is 1. The van der Waals surface area contributed by atoms with Crippen LogP contribution < -0.4 is 143 Å². The van der Waals surface area contributed by atoms with Crippen LogP contribution in [0.5, 0.6) is 5.75 Å². The summed E-state index contributed by atoms with van der Waals surface area (Å²) in [6.07, 6.45) is 2.48. The van der Waals surface area contributed by atoms with Crippen molar-refractivity contribution in [1.82, 2.24) is 9.47 Å². The van der Waals surface area contributed by atoms with Gasteiger partial charge < -0.3 is 38.0 Å². The Bertz CT molecular complexity index is 772. The molecule has 2 rings (SSSR count). The maximum absolute atomic E-state index is 9.81. The SMILES string of the molecule is COc1ccc2c(c1)c(CCN(C)C)cn2C.O=[C-]OCC(CO[C-]=O)OC=O.[Cs+].[Cs+]. The van der Waals surface area contributed by atoms with Gasteiger partial charge in [0.1, 0.15) is 5.75 Å². The molecule has 0 N–H and O–H groups in total. The summed E-state index contributed by atoms with van der Waals surface area (Å²) >= 11 is 0. The summed E-state index contributed by atoms with van der Waals surface area (Å²) < 4.78 is 20.1. The van der Waals surface area contributed by atoms with Gasteiger partial charge in [-0.3, -0.25) is 4.79 Å². The van der Waals surface area contributed by atoms with Crippen LogP contribution in [0.1, 0.15) is 5.56 Å². The maximum Gasteiger partial charge on any atom is 1.00 e. The molecule has 0 spiro atoms. The molecule has 0 aliphatic carbocycles. The molecule has 11 heteroatoms. The van der Waals surface area contributed by atoms with Crippen molar-refractivity contribution in [1.29, 1.82) is 0 Å². The smallest absolute Gasteiger partial charge is 0.650 e. The van der Waals surface area contributed by atoms with Crippen molar-refractivity contribution in [3.63, 3.8) is 0 Å². The molecular formula is C20H26Cs2N2O7. The quantitative estimate of drug-likeness (QED) is 0.126. The topological polar surface area (TPSA) is 96.3 Å². The Morgan fingerprint density at radius 1 is 1.13 bits per heavy atom. The Hall–Kier alpha value is 1.03. The van der Waals surface area contributed by atoms with E-state index in [2.05, 4.69) is 63.2 Å². The van der Waals surface area contributed by atoms with Crippen LogP contribution in [-0.2, 0) is 42.1 Å². The fourth-order valence-corrected chi connectivity index (χ4v) is 2.58. The third kappa shape index (κ3) is 13.5. The minimum Gasteiger partial charge on any atom is -0.650 e. The van der Waals surface area contributed by atoms with Crippen LogP contribution in [0.3, 0.4) is 0 Å². The number of nitrogens with zero attached hydrogens (tertiary/aromatic N) is 2. The second-order valence-electron chi connectivity index (χ2n) is 6.34. The van der Waals surface area contributed by atoms with Crippen molar-refractivity contribution in [2.24, 2.45) is 7.05 Å². The zero-order chi connectivity index (χ0) is 21.6. The Kier molecular flexibility index (Phi) is 22.5. The van der Waals surface area contributed by atoms with Crippen molar-refractivity contribution < 1.29 is 171 Å². The number of hydrogen-bond acceptors (Lipinski definition) is 8. The average Bonchev–Trinajstić information content (AvgIpc) is 3.04. The van der Waals surface area contributed by atoms with Gasteiger partial charge in [0.2, 0.25) is 0 Å². The summed E-state index contributed by atoms with van der Waals surface area (Å²) in [6.45, 7) is 3.08. The monoisotopic (exact) mass is 672 g/mol.